The van der Waals surface area contributed by atoms with E-state index < -0.39 is 6.10 Å². The molecule has 2 atom stereocenters. The second kappa shape index (κ2) is 7.25. The average molecular weight is 303 g/mol. The number of carbonyl (C=O) groups excluding carboxylic acids is 1. The topological polar surface area (TPSA) is 58.6 Å². The van der Waals surface area contributed by atoms with Gasteiger partial charge in [-0.25, -0.2) is 0 Å². The third-order valence-corrected chi connectivity index (χ3v) is 4.92. The summed E-state index contributed by atoms with van der Waals surface area (Å²) in [6.07, 6.45) is 5.22. The second-order valence-electron chi connectivity index (χ2n) is 6.43. The molecule has 0 radical (unpaired) electrons. The van der Waals surface area contributed by atoms with Crippen molar-refractivity contribution in [3.8, 4) is 0 Å². The quantitative estimate of drug-likeness (QED) is 0.878. The smallest absolute Gasteiger partial charge is 0.223 e. The number of aliphatic hydroxyl groups excluding tert-OH is 1. The third kappa shape index (κ3) is 3.68. The van der Waals surface area contributed by atoms with Gasteiger partial charge in [0.05, 0.1) is 25.2 Å². The molecule has 120 valence electrons. The van der Waals surface area contributed by atoms with Crippen LogP contribution in [0.3, 0.4) is 0 Å². The number of amides is 1. The number of fused-ring (bicyclic) bond motifs is 1. The predicted octanol–water partition coefficient (Wildman–Crippen LogP) is 2.36. The highest BCUT2D eigenvalue weighted by molar-refractivity contribution is 5.76. The highest BCUT2D eigenvalue weighted by Gasteiger charge is 2.25. The summed E-state index contributed by atoms with van der Waals surface area (Å²) in [5, 5.41) is 13.0. The van der Waals surface area contributed by atoms with E-state index in [4.69, 9.17) is 4.74 Å². The number of rotatable bonds is 5. The van der Waals surface area contributed by atoms with Gasteiger partial charge < -0.3 is 15.2 Å². The van der Waals surface area contributed by atoms with Crippen LogP contribution in [0.15, 0.2) is 24.3 Å². The number of ether oxygens (including phenoxy) is 1. The van der Waals surface area contributed by atoms with Gasteiger partial charge in [0.2, 0.25) is 5.91 Å². The van der Waals surface area contributed by atoms with E-state index in [-0.39, 0.29) is 12.0 Å². The van der Waals surface area contributed by atoms with Gasteiger partial charge in [-0.3, -0.25) is 4.79 Å². The maximum Gasteiger partial charge on any atom is 0.223 e. The molecule has 1 heterocycles. The van der Waals surface area contributed by atoms with E-state index >= 15 is 0 Å². The Morgan fingerprint density at radius 2 is 2.09 bits per heavy atom. The van der Waals surface area contributed by atoms with Crippen LogP contribution in [0, 0.1) is 5.92 Å². The van der Waals surface area contributed by atoms with Gasteiger partial charge in [-0.2, -0.15) is 0 Å². The van der Waals surface area contributed by atoms with Crippen LogP contribution in [0.25, 0.3) is 0 Å². The number of hydrogen-bond donors (Lipinski definition) is 2. The van der Waals surface area contributed by atoms with E-state index in [1.807, 2.05) is 18.2 Å². The van der Waals surface area contributed by atoms with Crippen molar-refractivity contribution in [1.82, 2.24) is 5.32 Å². The van der Waals surface area contributed by atoms with Gasteiger partial charge in [0.1, 0.15) is 0 Å². The molecule has 1 aliphatic heterocycles. The average Bonchev–Trinajstić information content (AvgIpc) is 3.07. The van der Waals surface area contributed by atoms with E-state index in [2.05, 4.69) is 11.4 Å². The summed E-state index contributed by atoms with van der Waals surface area (Å²) in [5.74, 6) is 0.311. The van der Waals surface area contributed by atoms with Gasteiger partial charge >= 0.3 is 0 Å². The summed E-state index contributed by atoms with van der Waals surface area (Å²) >= 11 is 0. The van der Waals surface area contributed by atoms with Gasteiger partial charge in [-0.15, -0.1) is 0 Å². The Kier molecular flexibility index (Phi) is 5.11. The summed E-state index contributed by atoms with van der Waals surface area (Å²) < 4.78 is 5.76. The molecule has 0 bridgehead atoms. The van der Waals surface area contributed by atoms with Crippen molar-refractivity contribution >= 4 is 5.91 Å². The maximum atomic E-state index is 12.1. The van der Waals surface area contributed by atoms with Crippen molar-refractivity contribution in [2.75, 3.05) is 13.2 Å². The Bertz CT molecular complexity index is 511. The zero-order chi connectivity index (χ0) is 15.4. The Morgan fingerprint density at radius 1 is 1.32 bits per heavy atom. The first kappa shape index (κ1) is 15.5. The molecule has 2 N–H and O–H groups in total. The molecule has 1 aliphatic carbocycles. The molecule has 1 saturated carbocycles. The number of benzene rings is 1. The van der Waals surface area contributed by atoms with Crippen LogP contribution in [0.2, 0.25) is 0 Å². The first-order valence-electron chi connectivity index (χ1n) is 8.38. The lowest BCUT2D eigenvalue weighted by atomic mass is 9.95. The summed E-state index contributed by atoms with van der Waals surface area (Å²) in [5.41, 5.74) is 2.40. The molecule has 4 nitrogen and oxygen atoms in total. The Morgan fingerprint density at radius 3 is 2.91 bits per heavy atom. The highest BCUT2D eigenvalue weighted by Crippen LogP contribution is 2.30. The van der Waals surface area contributed by atoms with E-state index in [0.717, 1.165) is 24.8 Å². The Labute approximate surface area is 131 Å². The number of carbonyl (C=O) groups is 1. The zero-order valence-corrected chi connectivity index (χ0v) is 13.0. The molecule has 1 aromatic carbocycles. The lowest BCUT2D eigenvalue weighted by Gasteiger charge is -2.26. The Hall–Kier alpha value is -1.39. The lowest BCUT2D eigenvalue weighted by molar-refractivity contribution is -0.125. The molecule has 3 rings (SSSR count). The van der Waals surface area contributed by atoms with Crippen molar-refractivity contribution in [3.63, 3.8) is 0 Å². The number of aliphatic hydroxyl groups is 1. The van der Waals surface area contributed by atoms with Crippen molar-refractivity contribution < 1.29 is 14.6 Å². The normalized spacial score (nSPS) is 23.0. The van der Waals surface area contributed by atoms with Crippen molar-refractivity contribution in [2.24, 2.45) is 5.92 Å². The number of nitrogens with one attached hydrogen (secondary N) is 1. The molecule has 0 aromatic heterocycles. The lowest BCUT2D eigenvalue weighted by Crippen LogP contribution is -2.36. The molecule has 0 saturated heterocycles. The fraction of sp³-hybridized carbons (Fsp3) is 0.611. The van der Waals surface area contributed by atoms with E-state index in [0.29, 0.717) is 25.5 Å². The second-order valence-corrected chi connectivity index (χ2v) is 6.43. The fourth-order valence-corrected chi connectivity index (χ4v) is 3.61. The minimum Gasteiger partial charge on any atom is -0.391 e. The van der Waals surface area contributed by atoms with Crippen LogP contribution in [-0.4, -0.2) is 30.3 Å². The minimum absolute atomic E-state index is 0.0428. The molecule has 2 aliphatic rings. The molecule has 1 amide bonds. The van der Waals surface area contributed by atoms with Crippen molar-refractivity contribution in [2.45, 2.75) is 50.7 Å². The first-order chi connectivity index (χ1) is 10.7. The summed E-state index contributed by atoms with van der Waals surface area (Å²) in [6.45, 7) is 1.03. The standard InChI is InChI=1S/C18H25NO3/c20-16(14-6-1-2-7-14)12-19-18(21)11-17-15-8-4-3-5-13(15)9-10-22-17/h3-5,8,14,16-17,20H,1-2,6-7,9-12H2,(H,19,21). The maximum absolute atomic E-state index is 12.1. The van der Waals surface area contributed by atoms with Crippen molar-refractivity contribution in [1.29, 1.82) is 0 Å². The zero-order valence-electron chi connectivity index (χ0n) is 13.0. The van der Waals surface area contributed by atoms with E-state index in [1.165, 1.54) is 18.4 Å². The van der Waals surface area contributed by atoms with Crippen LogP contribution in [-0.2, 0) is 16.0 Å². The van der Waals surface area contributed by atoms with Gasteiger partial charge in [0.15, 0.2) is 0 Å². The molecule has 1 fully saturated rings. The minimum atomic E-state index is -0.411. The van der Waals surface area contributed by atoms with Gasteiger partial charge in [0, 0.05) is 6.54 Å². The van der Waals surface area contributed by atoms with Crippen molar-refractivity contribution in [3.05, 3.63) is 35.4 Å². The van der Waals surface area contributed by atoms with Crippen LogP contribution >= 0.6 is 0 Å². The summed E-state index contributed by atoms with van der Waals surface area (Å²) in [6, 6.07) is 8.16. The van der Waals surface area contributed by atoms with Crippen LogP contribution in [0.5, 0.6) is 0 Å². The Balaban J connectivity index is 1.50. The first-order valence-corrected chi connectivity index (χ1v) is 8.38. The molecular weight excluding hydrogens is 278 g/mol. The summed E-state index contributed by atoms with van der Waals surface area (Å²) in [4.78, 5) is 12.1. The van der Waals surface area contributed by atoms with Gasteiger partial charge in [0.25, 0.3) is 0 Å². The van der Waals surface area contributed by atoms with E-state index in [9.17, 15) is 9.90 Å². The monoisotopic (exact) mass is 303 g/mol. The van der Waals surface area contributed by atoms with Gasteiger partial charge in [-0.05, 0) is 36.3 Å². The molecule has 2 unspecified atom stereocenters. The number of hydrogen-bond acceptors (Lipinski definition) is 3. The van der Waals surface area contributed by atoms with Crippen LogP contribution in [0.4, 0.5) is 0 Å². The van der Waals surface area contributed by atoms with E-state index in [1.54, 1.807) is 0 Å². The summed E-state index contributed by atoms with van der Waals surface area (Å²) in [7, 11) is 0. The molecule has 22 heavy (non-hydrogen) atoms. The highest BCUT2D eigenvalue weighted by atomic mass is 16.5. The molecule has 4 heteroatoms. The SMILES string of the molecule is O=C(CC1OCCc2ccccc21)NCC(O)C1CCCC1. The fourth-order valence-electron chi connectivity index (χ4n) is 3.61. The van der Waals surface area contributed by atoms with Crippen LogP contribution < -0.4 is 5.32 Å². The van der Waals surface area contributed by atoms with Gasteiger partial charge in [-0.1, -0.05) is 37.1 Å². The molecule has 1 aromatic rings. The third-order valence-electron chi connectivity index (χ3n) is 4.92. The molecular formula is C18H25NO3. The predicted molar refractivity (Wildman–Crippen MR) is 84.4 cm³/mol. The van der Waals surface area contributed by atoms with Crippen LogP contribution in [0.1, 0.15) is 49.3 Å². The largest absolute Gasteiger partial charge is 0.391 e. The molecule has 0 spiro atoms.